The molecule has 0 amide bonds. The van der Waals surface area contributed by atoms with Gasteiger partial charge in [-0.1, -0.05) is 26.0 Å². The first-order chi connectivity index (χ1) is 5.56. The summed E-state index contributed by atoms with van der Waals surface area (Å²) in [5.74, 6) is 0.424. The van der Waals surface area contributed by atoms with Gasteiger partial charge in [0.15, 0.2) is 0 Å². The van der Waals surface area contributed by atoms with E-state index in [4.69, 9.17) is 0 Å². The SMILES string of the molecule is C=C1CCCC(C)(C)[C@@H](CO)C1. The van der Waals surface area contributed by atoms with Crippen LogP contribution >= 0.6 is 0 Å². The average Bonchev–Trinajstić information content (AvgIpc) is 2.10. The van der Waals surface area contributed by atoms with Gasteiger partial charge < -0.3 is 5.11 Å². The third kappa shape index (κ3) is 2.10. The zero-order valence-corrected chi connectivity index (χ0v) is 8.27. The highest BCUT2D eigenvalue weighted by Crippen LogP contribution is 2.40. The highest BCUT2D eigenvalue weighted by atomic mass is 16.3. The summed E-state index contributed by atoms with van der Waals surface area (Å²) in [5, 5.41) is 9.23. The molecule has 12 heavy (non-hydrogen) atoms. The molecule has 1 aliphatic rings. The number of allylic oxidation sites excluding steroid dienone is 1. The Labute approximate surface area is 75.5 Å². The fourth-order valence-electron chi connectivity index (χ4n) is 2.04. The van der Waals surface area contributed by atoms with Crippen molar-refractivity contribution in [3.05, 3.63) is 12.2 Å². The van der Waals surface area contributed by atoms with E-state index in [0.29, 0.717) is 17.9 Å². The molecule has 1 N–H and O–H groups in total. The summed E-state index contributed by atoms with van der Waals surface area (Å²) in [4.78, 5) is 0. The summed E-state index contributed by atoms with van der Waals surface area (Å²) in [6, 6.07) is 0. The molecule has 0 aliphatic heterocycles. The maximum Gasteiger partial charge on any atom is 0.0467 e. The second kappa shape index (κ2) is 3.61. The molecular weight excluding hydrogens is 148 g/mol. The fourth-order valence-corrected chi connectivity index (χ4v) is 2.04. The molecule has 1 atom stereocenters. The second-order valence-electron chi connectivity index (χ2n) is 4.68. The minimum absolute atomic E-state index is 0.300. The van der Waals surface area contributed by atoms with Crippen molar-refractivity contribution in [2.45, 2.75) is 39.5 Å². The molecule has 1 nitrogen and oxygen atoms in total. The summed E-state index contributed by atoms with van der Waals surface area (Å²) < 4.78 is 0. The molecule has 0 aromatic carbocycles. The van der Waals surface area contributed by atoms with Crippen LogP contribution in [0.3, 0.4) is 0 Å². The van der Waals surface area contributed by atoms with E-state index in [2.05, 4.69) is 20.4 Å². The summed E-state index contributed by atoms with van der Waals surface area (Å²) in [6.45, 7) is 8.85. The Balaban J connectivity index is 2.69. The van der Waals surface area contributed by atoms with Crippen LogP contribution in [0.5, 0.6) is 0 Å². The highest BCUT2D eigenvalue weighted by molar-refractivity contribution is 5.01. The van der Waals surface area contributed by atoms with E-state index in [0.717, 1.165) is 12.8 Å². The van der Waals surface area contributed by atoms with Crippen LogP contribution in [-0.2, 0) is 0 Å². The lowest BCUT2D eigenvalue weighted by molar-refractivity contribution is 0.114. The van der Waals surface area contributed by atoms with Crippen LogP contribution in [-0.4, -0.2) is 11.7 Å². The molecule has 1 heteroatoms. The predicted octanol–water partition coefficient (Wildman–Crippen LogP) is 2.75. The Morgan fingerprint density at radius 3 is 2.83 bits per heavy atom. The molecule has 1 aliphatic carbocycles. The summed E-state index contributed by atoms with van der Waals surface area (Å²) >= 11 is 0. The van der Waals surface area contributed by atoms with E-state index in [1.807, 2.05) is 0 Å². The van der Waals surface area contributed by atoms with Crippen LogP contribution in [0.25, 0.3) is 0 Å². The van der Waals surface area contributed by atoms with Crippen molar-refractivity contribution in [1.82, 2.24) is 0 Å². The molecule has 1 saturated carbocycles. The highest BCUT2D eigenvalue weighted by Gasteiger charge is 2.30. The van der Waals surface area contributed by atoms with Crippen molar-refractivity contribution < 1.29 is 5.11 Å². The first kappa shape index (κ1) is 9.79. The number of hydrogen-bond donors (Lipinski definition) is 1. The van der Waals surface area contributed by atoms with E-state index in [9.17, 15) is 5.11 Å². The second-order valence-corrected chi connectivity index (χ2v) is 4.68. The van der Waals surface area contributed by atoms with Gasteiger partial charge in [0.1, 0.15) is 0 Å². The van der Waals surface area contributed by atoms with Crippen LogP contribution in [0.4, 0.5) is 0 Å². The number of hydrogen-bond acceptors (Lipinski definition) is 1. The third-order valence-corrected chi connectivity index (χ3v) is 3.21. The normalized spacial score (nSPS) is 29.9. The van der Waals surface area contributed by atoms with E-state index in [-0.39, 0.29) is 0 Å². The lowest BCUT2D eigenvalue weighted by Crippen LogP contribution is -2.25. The van der Waals surface area contributed by atoms with Crippen molar-refractivity contribution in [3.63, 3.8) is 0 Å². The molecule has 0 spiro atoms. The molecule has 1 fully saturated rings. The van der Waals surface area contributed by atoms with Crippen molar-refractivity contribution in [1.29, 1.82) is 0 Å². The Bertz CT molecular complexity index is 170. The number of aliphatic hydroxyl groups excluding tert-OH is 1. The van der Waals surface area contributed by atoms with Gasteiger partial charge in [0.2, 0.25) is 0 Å². The maximum atomic E-state index is 9.23. The summed E-state index contributed by atoms with van der Waals surface area (Å²) in [6.07, 6.45) is 4.63. The van der Waals surface area contributed by atoms with E-state index < -0.39 is 0 Å². The van der Waals surface area contributed by atoms with E-state index in [1.54, 1.807) is 0 Å². The van der Waals surface area contributed by atoms with Crippen molar-refractivity contribution in [2.75, 3.05) is 6.61 Å². The van der Waals surface area contributed by atoms with Gasteiger partial charge in [-0.25, -0.2) is 0 Å². The lowest BCUT2D eigenvalue weighted by atomic mass is 9.75. The monoisotopic (exact) mass is 168 g/mol. The topological polar surface area (TPSA) is 20.2 Å². The lowest BCUT2D eigenvalue weighted by Gasteiger charge is -2.31. The third-order valence-electron chi connectivity index (χ3n) is 3.21. The van der Waals surface area contributed by atoms with Crippen LogP contribution in [0, 0.1) is 11.3 Å². The van der Waals surface area contributed by atoms with Gasteiger partial charge in [0.25, 0.3) is 0 Å². The Morgan fingerprint density at radius 1 is 1.58 bits per heavy atom. The van der Waals surface area contributed by atoms with Crippen molar-refractivity contribution >= 4 is 0 Å². The molecule has 0 unspecified atom stereocenters. The number of rotatable bonds is 1. The molecule has 0 bridgehead atoms. The number of aliphatic hydroxyl groups is 1. The maximum absolute atomic E-state index is 9.23. The smallest absolute Gasteiger partial charge is 0.0467 e. The van der Waals surface area contributed by atoms with Gasteiger partial charge in [-0.15, -0.1) is 0 Å². The molecule has 1 rings (SSSR count). The quantitative estimate of drug-likeness (QED) is 0.471. The van der Waals surface area contributed by atoms with E-state index in [1.165, 1.54) is 18.4 Å². The van der Waals surface area contributed by atoms with Crippen LogP contribution in [0.15, 0.2) is 12.2 Å². The van der Waals surface area contributed by atoms with Gasteiger partial charge in [-0.3, -0.25) is 0 Å². The molecule has 0 aromatic rings. The van der Waals surface area contributed by atoms with Crippen molar-refractivity contribution in [2.24, 2.45) is 11.3 Å². The van der Waals surface area contributed by atoms with Gasteiger partial charge in [0.05, 0.1) is 0 Å². The molecule has 0 radical (unpaired) electrons. The first-order valence-corrected chi connectivity index (χ1v) is 4.84. The molecule has 0 saturated heterocycles. The largest absolute Gasteiger partial charge is 0.396 e. The molecule has 0 heterocycles. The van der Waals surface area contributed by atoms with Gasteiger partial charge in [0, 0.05) is 6.61 Å². The average molecular weight is 168 g/mol. The van der Waals surface area contributed by atoms with Gasteiger partial charge >= 0.3 is 0 Å². The van der Waals surface area contributed by atoms with Crippen molar-refractivity contribution in [3.8, 4) is 0 Å². The summed E-state index contributed by atoms with van der Waals surface area (Å²) in [7, 11) is 0. The zero-order chi connectivity index (χ0) is 9.19. The minimum Gasteiger partial charge on any atom is -0.396 e. The predicted molar refractivity (Wildman–Crippen MR) is 52.0 cm³/mol. The Morgan fingerprint density at radius 2 is 2.25 bits per heavy atom. The van der Waals surface area contributed by atoms with Crippen LogP contribution < -0.4 is 0 Å². The first-order valence-electron chi connectivity index (χ1n) is 4.84. The van der Waals surface area contributed by atoms with Gasteiger partial charge in [-0.2, -0.15) is 0 Å². The standard InChI is InChI=1S/C11H20O/c1-9-5-4-6-11(2,3)10(7-9)8-12/h10,12H,1,4-8H2,2-3H3/t10-/m1/s1. The Hall–Kier alpha value is -0.300. The van der Waals surface area contributed by atoms with E-state index >= 15 is 0 Å². The molecule has 0 aromatic heterocycles. The summed E-state index contributed by atoms with van der Waals surface area (Å²) in [5.41, 5.74) is 1.62. The minimum atomic E-state index is 0.300. The molecular formula is C11H20O. The Kier molecular flexibility index (Phi) is 2.94. The molecule has 70 valence electrons. The fraction of sp³-hybridized carbons (Fsp3) is 0.818. The van der Waals surface area contributed by atoms with Gasteiger partial charge in [-0.05, 0) is 37.0 Å². The van der Waals surface area contributed by atoms with Crippen LogP contribution in [0.2, 0.25) is 0 Å². The zero-order valence-electron chi connectivity index (χ0n) is 8.27. The van der Waals surface area contributed by atoms with Crippen LogP contribution in [0.1, 0.15) is 39.5 Å².